The molecule has 0 amide bonds. The van der Waals surface area contributed by atoms with E-state index in [2.05, 4.69) is 0 Å². The topological polar surface area (TPSA) is 135 Å². The van der Waals surface area contributed by atoms with Crippen molar-refractivity contribution < 1.29 is 44.2 Å². The Morgan fingerprint density at radius 3 is 2.43 bits per heavy atom. The second-order valence-electron chi connectivity index (χ2n) is 6.54. The first-order valence-electron chi connectivity index (χ1n) is 8.97. The van der Waals surface area contributed by atoms with Gasteiger partial charge >= 0.3 is 5.97 Å². The van der Waals surface area contributed by atoms with E-state index < -0.39 is 43.3 Å². The molecule has 9 nitrogen and oxygen atoms in total. The number of benzene rings is 2. The van der Waals surface area contributed by atoms with Gasteiger partial charge in [0.05, 0.1) is 17.7 Å². The summed E-state index contributed by atoms with van der Waals surface area (Å²) in [5.41, 5.74) is 0.0451. The van der Waals surface area contributed by atoms with Gasteiger partial charge in [-0.15, -0.1) is 0 Å². The Labute approximate surface area is 176 Å². The highest BCUT2D eigenvalue weighted by Gasteiger charge is 2.43. The van der Waals surface area contributed by atoms with Gasteiger partial charge < -0.3 is 39.4 Å². The highest BCUT2D eigenvalue weighted by atomic mass is 35.5. The highest BCUT2D eigenvalue weighted by Crippen LogP contribution is 2.39. The number of rotatable bonds is 6. The van der Waals surface area contributed by atoms with E-state index in [0.717, 1.165) is 0 Å². The standard InChI is InChI=1S/C20H21ClO9/c1-27-13-8-10(7-12(21)18(13)29-11-5-3-2-4-6-11)19(25)28-9-14-15(22)16(23)17(24)20(26)30-14/h2-8,14-17,20,22-24,26H,9H2,1H3/t14-,15+,16+,17-,20?/m1/s1. The van der Waals surface area contributed by atoms with Crippen molar-refractivity contribution in [3.8, 4) is 17.2 Å². The Balaban J connectivity index is 1.71. The van der Waals surface area contributed by atoms with E-state index in [1.807, 2.05) is 6.07 Å². The molecule has 0 bridgehead atoms. The van der Waals surface area contributed by atoms with Crippen LogP contribution in [0.2, 0.25) is 5.02 Å². The first kappa shape index (κ1) is 22.3. The van der Waals surface area contributed by atoms with E-state index in [1.165, 1.54) is 19.2 Å². The fourth-order valence-corrected chi connectivity index (χ4v) is 3.10. The van der Waals surface area contributed by atoms with Gasteiger partial charge in [0.2, 0.25) is 0 Å². The Hall–Kier alpha value is -2.40. The van der Waals surface area contributed by atoms with Crippen LogP contribution in [0.1, 0.15) is 10.4 Å². The molecule has 0 spiro atoms. The minimum atomic E-state index is -1.73. The Morgan fingerprint density at radius 1 is 1.07 bits per heavy atom. The van der Waals surface area contributed by atoms with Gasteiger partial charge in [-0.1, -0.05) is 29.8 Å². The molecule has 0 saturated carbocycles. The number of ether oxygens (including phenoxy) is 4. The van der Waals surface area contributed by atoms with Crippen LogP contribution in [0, 0.1) is 0 Å². The smallest absolute Gasteiger partial charge is 0.338 e. The molecule has 1 heterocycles. The summed E-state index contributed by atoms with van der Waals surface area (Å²) in [6.45, 7) is -0.483. The lowest BCUT2D eigenvalue weighted by Crippen LogP contribution is -2.58. The minimum absolute atomic E-state index is 0.0451. The van der Waals surface area contributed by atoms with E-state index in [1.54, 1.807) is 24.3 Å². The van der Waals surface area contributed by atoms with E-state index in [-0.39, 0.29) is 22.1 Å². The Bertz CT molecular complexity index is 876. The number of aliphatic hydroxyl groups excluding tert-OH is 4. The van der Waals surface area contributed by atoms with Crippen molar-refractivity contribution >= 4 is 17.6 Å². The second kappa shape index (κ2) is 9.61. The SMILES string of the molecule is COc1cc(C(=O)OC[C@H]2OC(O)[C@H](O)[C@@H](O)[C@H]2O)cc(Cl)c1Oc1ccccc1. The molecule has 4 N–H and O–H groups in total. The zero-order valence-electron chi connectivity index (χ0n) is 15.8. The van der Waals surface area contributed by atoms with Gasteiger partial charge in [0.15, 0.2) is 17.8 Å². The van der Waals surface area contributed by atoms with Crippen LogP contribution in [0.25, 0.3) is 0 Å². The van der Waals surface area contributed by atoms with Crippen LogP contribution in [0.15, 0.2) is 42.5 Å². The van der Waals surface area contributed by atoms with Crippen molar-refractivity contribution in [1.29, 1.82) is 0 Å². The third-order valence-corrected chi connectivity index (χ3v) is 4.77. The quantitative estimate of drug-likeness (QED) is 0.487. The second-order valence-corrected chi connectivity index (χ2v) is 6.95. The van der Waals surface area contributed by atoms with Crippen molar-refractivity contribution in [1.82, 2.24) is 0 Å². The number of para-hydroxylation sites is 1. The normalized spacial score (nSPS) is 26.1. The van der Waals surface area contributed by atoms with Crippen molar-refractivity contribution in [2.24, 2.45) is 0 Å². The molecule has 0 aliphatic carbocycles. The van der Waals surface area contributed by atoms with Gasteiger partial charge in [0.25, 0.3) is 0 Å². The fraction of sp³-hybridized carbons (Fsp3) is 0.350. The van der Waals surface area contributed by atoms with Gasteiger partial charge in [-0.25, -0.2) is 4.79 Å². The van der Waals surface area contributed by atoms with Crippen LogP contribution < -0.4 is 9.47 Å². The maximum absolute atomic E-state index is 12.4. The molecule has 1 fully saturated rings. The summed E-state index contributed by atoms with van der Waals surface area (Å²) in [6, 6.07) is 11.6. The van der Waals surface area contributed by atoms with Gasteiger partial charge in [-0.3, -0.25) is 0 Å². The number of hydrogen-bond donors (Lipinski definition) is 4. The zero-order valence-corrected chi connectivity index (χ0v) is 16.6. The Kier molecular flexibility index (Phi) is 7.14. The summed E-state index contributed by atoms with van der Waals surface area (Å²) in [4.78, 5) is 12.4. The molecule has 5 atom stereocenters. The van der Waals surface area contributed by atoms with Crippen LogP contribution in [0.5, 0.6) is 17.2 Å². The summed E-state index contributed by atoms with van der Waals surface area (Å²) in [5, 5.41) is 38.7. The average Bonchev–Trinajstić information content (AvgIpc) is 2.75. The minimum Gasteiger partial charge on any atom is -0.493 e. The lowest BCUT2D eigenvalue weighted by atomic mass is 9.99. The van der Waals surface area contributed by atoms with Gasteiger partial charge in [0.1, 0.15) is 36.8 Å². The van der Waals surface area contributed by atoms with Crippen LogP contribution >= 0.6 is 11.6 Å². The summed E-state index contributed by atoms with van der Waals surface area (Å²) < 4.78 is 21.1. The molecule has 10 heteroatoms. The third kappa shape index (κ3) is 4.84. The number of methoxy groups -OCH3 is 1. The van der Waals surface area contributed by atoms with Crippen molar-refractivity contribution in [3.63, 3.8) is 0 Å². The van der Waals surface area contributed by atoms with E-state index in [0.29, 0.717) is 5.75 Å². The largest absolute Gasteiger partial charge is 0.493 e. The van der Waals surface area contributed by atoms with Gasteiger partial charge in [-0.2, -0.15) is 0 Å². The molecule has 1 aliphatic rings. The lowest BCUT2D eigenvalue weighted by Gasteiger charge is -2.37. The Morgan fingerprint density at radius 2 is 1.77 bits per heavy atom. The summed E-state index contributed by atoms with van der Waals surface area (Å²) in [7, 11) is 1.39. The fourth-order valence-electron chi connectivity index (χ4n) is 2.85. The number of esters is 1. The lowest BCUT2D eigenvalue weighted by molar-refractivity contribution is -0.286. The number of carbonyl (C=O) groups excluding carboxylic acids is 1. The summed E-state index contributed by atoms with van der Waals surface area (Å²) in [5.74, 6) is 0.123. The summed E-state index contributed by atoms with van der Waals surface area (Å²) in [6.07, 6.45) is -7.85. The van der Waals surface area contributed by atoms with Crippen molar-refractivity contribution in [3.05, 3.63) is 53.1 Å². The monoisotopic (exact) mass is 440 g/mol. The van der Waals surface area contributed by atoms with Gasteiger partial charge in [-0.05, 0) is 24.3 Å². The number of carbonyl (C=O) groups is 1. The molecule has 1 saturated heterocycles. The highest BCUT2D eigenvalue weighted by molar-refractivity contribution is 6.32. The molecular formula is C20H21ClO9. The van der Waals surface area contributed by atoms with Crippen molar-refractivity contribution in [2.45, 2.75) is 30.7 Å². The van der Waals surface area contributed by atoms with E-state index in [9.17, 15) is 25.2 Å². The molecule has 162 valence electrons. The molecular weight excluding hydrogens is 420 g/mol. The summed E-state index contributed by atoms with van der Waals surface area (Å²) >= 11 is 6.26. The molecule has 0 aromatic heterocycles. The number of hydrogen-bond acceptors (Lipinski definition) is 9. The van der Waals surface area contributed by atoms with Crippen LogP contribution in [0.4, 0.5) is 0 Å². The molecule has 30 heavy (non-hydrogen) atoms. The van der Waals surface area contributed by atoms with Gasteiger partial charge in [0, 0.05) is 0 Å². The first-order valence-corrected chi connectivity index (χ1v) is 9.35. The zero-order chi connectivity index (χ0) is 21.8. The molecule has 2 aromatic rings. The number of halogens is 1. The predicted molar refractivity (Wildman–Crippen MR) is 104 cm³/mol. The van der Waals surface area contributed by atoms with E-state index in [4.69, 9.17) is 30.5 Å². The van der Waals surface area contributed by atoms with Crippen LogP contribution in [0.3, 0.4) is 0 Å². The third-order valence-electron chi connectivity index (χ3n) is 4.49. The molecule has 2 aromatic carbocycles. The van der Waals surface area contributed by atoms with E-state index >= 15 is 0 Å². The van der Waals surface area contributed by atoms with Crippen LogP contribution in [-0.2, 0) is 9.47 Å². The maximum Gasteiger partial charge on any atom is 0.338 e. The maximum atomic E-state index is 12.4. The molecule has 1 unspecified atom stereocenters. The molecule has 0 radical (unpaired) electrons. The average molecular weight is 441 g/mol. The van der Waals surface area contributed by atoms with Crippen LogP contribution in [-0.4, -0.2) is 70.8 Å². The molecule has 1 aliphatic heterocycles. The molecule has 3 rings (SSSR count). The number of aliphatic hydroxyl groups is 4. The predicted octanol–water partition coefficient (Wildman–Crippen LogP) is 1.10. The van der Waals surface area contributed by atoms with Crippen molar-refractivity contribution in [2.75, 3.05) is 13.7 Å². The first-order chi connectivity index (χ1) is 14.3.